The summed E-state index contributed by atoms with van der Waals surface area (Å²) in [4.78, 5) is 89.6. The Morgan fingerprint density at radius 3 is 2.18 bits per heavy atom. The molecule has 12 rings (SSSR count). The van der Waals surface area contributed by atoms with Crippen LogP contribution in [0.15, 0.2) is 91.1 Å². The van der Waals surface area contributed by atoms with Crippen molar-refractivity contribution >= 4 is 69.1 Å². The van der Waals surface area contributed by atoms with Crippen molar-refractivity contribution in [2.24, 2.45) is 11.3 Å². The van der Waals surface area contributed by atoms with Gasteiger partial charge in [-0.1, -0.05) is 6.07 Å². The van der Waals surface area contributed by atoms with Crippen LogP contribution in [0, 0.1) is 17.2 Å². The number of hydrogen-bond acceptors (Lipinski definition) is 12. The van der Waals surface area contributed by atoms with E-state index in [2.05, 4.69) is 40.8 Å². The predicted octanol–water partition coefficient (Wildman–Crippen LogP) is 6.80. The summed E-state index contributed by atoms with van der Waals surface area (Å²) < 4.78 is 66.1. The third-order valence-electron chi connectivity index (χ3n) is 15.1. The van der Waals surface area contributed by atoms with Crippen molar-refractivity contribution in [1.29, 1.82) is 0 Å². The normalized spacial score (nSPS) is 21.6. The number of amides is 6. The first kappa shape index (κ1) is 48.6. The molecular formula is C53H51F4N9O8. The lowest BCUT2D eigenvalue weighted by molar-refractivity contribution is -0.274. The number of carbonyl (C=O) groups is 6. The number of hydrogen-bond donors (Lipinski definition) is 4. The first-order valence-electron chi connectivity index (χ1n) is 24.7. The van der Waals surface area contributed by atoms with Crippen LogP contribution in [0.25, 0.3) is 10.9 Å². The molecule has 6 amide bonds. The van der Waals surface area contributed by atoms with Crippen LogP contribution in [0.4, 0.5) is 40.3 Å². The monoisotopic (exact) mass is 1020 g/mol. The predicted molar refractivity (Wildman–Crippen MR) is 262 cm³/mol. The van der Waals surface area contributed by atoms with Gasteiger partial charge in [0.15, 0.2) is 5.75 Å². The largest absolute Gasteiger partial charge is 0.573 e. The fourth-order valence-corrected chi connectivity index (χ4v) is 11.1. The number of imide groups is 1. The standard InChI is InChI=1S/C53H51F4N9O8/c54-31-4-6-32(7-5-31)59-50(71)52(17-18-52)51(72)60-33-8-10-36(11-9-33)73-44-14-19-58-41-24-43(45(23-38(41)44)74-53(55,56)57)64-20-15-30(16-21-64)25-65-34-22-35(65)27-63(26-34)29-47(68)61-40-3-1-2-37-39(40)28-66(49(37)70)42-12-13-46(67)62-48(42)69/h1-11,14,19,23-24,30,34-35,42H,12-13,15-18,20-22,25-29H2,(H,59,71)(H,60,72)(H,61,68)(H,62,67,69). The van der Waals surface area contributed by atoms with Gasteiger partial charge in [-0.3, -0.25) is 48.9 Å². The fourth-order valence-electron chi connectivity index (χ4n) is 11.1. The van der Waals surface area contributed by atoms with E-state index >= 15 is 0 Å². The minimum Gasteiger partial charge on any atom is -0.457 e. The van der Waals surface area contributed by atoms with Crippen LogP contribution in [-0.4, -0.2) is 119 Å². The molecular weight excluding hydrogens is 967 g/mol. The van der Waals surface area contributed by atoms with Crippen LogP contribution in [0.2, 0.25) is 0 Å². The van der Waals surface area contributed by atoms with Crippen molar-refractivity contribution in [1.82, 2.24) is 25.0 Å². The van der Waals surface area contributed by atoms with Gasteiger partial charge >= 0.3 is 6.36 Å². The maximum atomic E-state index is 14.0. The molecule has 7 aliphatic rings. The second kappa shape index (κ2) is 19.3. The third-order valence-corrected chi connectivity index (χ3v) is 15.1. The van der Waals surface area contributed by atoms with Crippen molar-refractivity contribution in [3.05, 3.63) is 108 Å². The van der Waals surface area contributed by atoms with E-state index in [-0.39, 0.29) is 72.9 Å². The summed E-state index contributed by atoms with van der Waals surface area (Å²) in [5.41, 5.74) is 1.75. The van der Waals surface area contributed by atoms with Crippen molar-refractivity contribution in [3.8, 4) is 17.2 Å². The van der Waals surface area contributed by atoms with E-state index in [1.807, 2.05) is 4.90 Å². The number of piperazine rings is 1. The van der Waals surface area contributed by atoms with Crippen LogP contribution in [-0.2, 0) is 30.5 Å². The quantitative estimate of drug-likeness (QED) is 0.0518. The molecule has 74 heavy (non-hydrogen) atoms. The Morgan fingerprint density at radius 2 is 1.51 bits per heavy atom. The molecule has 2 bridgehead atoms. The summed E-state index contributed by atoms with van der Waals surface area (Å²) in [6, 6.07) is 20.9. The maximum absolute atomic E-state index is 14.0. The summed E-state index contributed by atoms with van der Waals surface area (Å²) in [6.07, 6.45) is 0.120. The molecule has 1 aliphatic carbocycles. The average Bonchev–Trinajstić information content (AvgIpc) is 4.13. The number of carbonyl (C=O) groups excluding carboxylic acids is 6. The summed E-state index contributed by atoms with van der Waals surface area (Å²) in [6.45, 7) is 3.57. The molecule has 5 saturated heterocycles. The van der Waals surface area contributed by atoms with Crippen molar-refractivity contribution < 1.29 is 55.8 Å². The number of aromatic nitrogens is 1. The molecule has 3 atom stereocenters. The van der Waals surface area contributed by atoms with Gasteiger partial charge in [-0.25, -0.2) is 4.39 Å². The lowest BCUT2D eigenvalue weighted by Crippen LogP contribution is -2.69. The number of nitrogens with one attached hydrogen (secondary N) is 4. The fraction of sp³-hybridized carbons (Fsp3) is 0.377. The van der Waals surface area contributed by atoms with Gasteiger partial charge in [-0.05, 0) is 123 Å². The molecule has 6 aliphatic heterocycles. The average molecular weight is 1020 g/mol. The van der Waals surface area contributed by atoms with E-state index in [0.29, 0.717) is 89.8 Å². The van der Waals surface area contributed by atoms with E-state index in [1.54, 1.807) is 48.5 Å². The van der Waals surface area contributed by atoms with E-state index in [1.165, 1.54) is 47.5 Å². The second-order valence-corrected chi connectivity index (χ2v) is 20.0. The SMILES string of the molecule is O=C1CCC(N2Cc3c(NC(=O)CN4CC5CC(C4)N5CC4CCN(c5cc6nccc(Oc7ccc(NC(=O)C8(C(=O)Nc9ccc(F)cc9)CC8)cc7)c6cc5OC(F)(F)F)CC4)cccc3C2=O)C(=O)N1. The highest BCUT2D eigenvalue weighted by Crippen LogP contribution is 2.48. The summed E-state index contributed by atoms with van der Waals surface area (Å²) >= 11 is 0. The number of ether oxygens (including phenoxy) is 2. The Hall–Kier alpha value is -7.65. The number of alkyl halides is 3. The number of benzene rings is 4. The number of piperidine rings is 3. The van der Waals surface area contributed by atoms with Gasteiger partial charge in [0.1, 0.15) is 28.8 Å². The second-order valence-electron chi connectivity index (χ2n) is 20.0. The van der Waals surface area contributed by atoms with E-state index in [4.69, 9.17) is 4.74 Å². The number of nitrogens with zero attached hydrogens (tertiary/aromatic N) is 5. The smallest absolute Gasteiger partial charge is 0.457 e. The number of pyridine rings is 1. The van der Waals surface area contributed by atoms with Crippen LogP contribution >= 0.6 is 0 Å². The first-order valence-corrected chi connectivity index (χ1v) is 24.7. The summed E-state index contributed by atoms with van der Waals surface area (Å²) in [5.74, 6) is -2.33. The number of rotatable bonds is 14. The van der Waals surface area contributed by atoms with Gasteiger partial charge < -0.3 is 35.2 Å². The molecule has 7 heterocycles. The first-order chi connectivity index (χ1) is 35.6. The summed E-state index contributed by atoms with van der Waals surface area (Å²) in [7, 11) is 0. The number of halogens is 4. The molecule has 5 aromatic rings. The highest BCUT2D eigenvalue weighted by molar-refractivity contribution is 6.17. The Bertz CT molecular complexity index is 3060. The molecule has 1 aromatic heterocycles. The lowest BCUT2D eigenvalue weighted by Gasteiger charge is -2.57. The molecule has 3 unspecified atom stereocenters. The molecule has 17 nitrogen and oxygen atoms in total. The van der Waals surface area contributed by atoms with Crippen LogP contribution in [0.5, 0.6) is 17.2 Å². The Kier molecular flexibility index (Phi) is 12.7. The van der Waals surface area contributed by atoms with Crippen molar-refractivity contribution in [3.63, 3.8) is 0 Å². The molecule has 0 radical (unpaired) electrons. The Labute approximate surface area is 421 Å². The topological polar surface area (TPSA) is 195 Å². The zero-order valence-corrected chi connectivity index (χ0v) is 39.9. The molecule has 4 N–H and O–H groups in total. The van der Waals surface area contributed by atoms with Crippen LogP contribution in [0.1, 0.15) is 60.9 Å². The van der Waals surface area contributed by atoms with Crippen molar-refractivity contribution in [2.75, 3.05) is 60.1 Å². The van der Waals surface area contributed by atoms with Gasteiger partial charge in [0.25, 0.3) is 5.91 Å². The number of fused-ring (bicyclic) bond motifs is 4. The lowest BCUT2D eigenvalue weighted by atomic mass is 9.84. The van der Waals surface area contributed by atoms with Gasteiger partial charge in [0, 0.05) is 97.5 Å². The van der Waals surface area contributed by atoms with E-state index < -0.39 is 41.4 Å². The Morgan fingerprint density at radius 1 is 0.824 bits per heavy atom. The van der Waals surface area contributed by atoms with Crippen molar-refractivity contribution in [2.45, 2.75) is 76.0 Å². The zero-order valence-electron chi connectivity index (χ0n) is 39.9. The van der Waals surface area contributed by atoms with Crippen LogP contribution < -0.4 is 35.6 Å². The third kappa shape index (κ3) is 9.92. The van der Waals surface area contributed by atoms with E-state index in [9.17, 15) is 46.3 Å². The highest BCUT2D eigenvalue weighted by atomic mass is 19.4. The molecule has 1 saturated carbocycles. The maximum Gasteiger partial charge on any atom is 0.573 e. The minimum atomic E-state index is -4.97. The molecule has 6 fully saturated rings. The van der Waals surface area contributed by atoms with Gasteiger partial charge in [-0.2, -0.15) is 0 Å². The Balaban J connectivity index is 0.679. The van der Waals surface area contributed by atoms with Gasteiger partial charge in [-0.15, -0.1) is 13.2 Å². The molecule has 0 spiro atoms. The number of anilines is 4. The van der Waals surface area contributed by atoms with E-state index in [0.717, 1.165) is 25.8 Å². The molecule has 4 aromatic carbocycles. The van der Waals surface area contributed by atoms with Crippen LogP contribution in [0.3, 0.4) is 0 Å². The minimum absolute atomic E-state index is 0.146. The zero-order chi connectivity index (χ0) is 51.5. The molecule has 384 valence electrons. The highest BCUT2D eigenvalue weighted by Gasteiger charge is 2.56. The summed E-state index contributed by atoms with van der Waals surface area (Å²) in [5, 5.41) is 11.0. The van der Waals surface area contributed by atoms with Gasteiger partial charge in [0.2, 0.25) is 29.5 Å². The van der Waals surface area contributed by atoms with Gasteiger partial charge in [0.05, 0.1) is 17.7 Å². The molecule has 21 heteroatoms.